The molecule has 0 radical (unpaired) electrons. The molecule has 0 saturated heterocycles. The molecule has 0 amide bonds. The van der Waals surface area contributed by atoms with Gasteiger partial charge in [-0.1, -0.05) is 0 Å². The monoisotopic (exact) mass is 343 g/mol. The smallest absolute Gasteiger partial charge is 0.195 e. The Morgan fingerprint density at radius 2 is 2.08 bits per heavy atom. The number of methoxy groups -OCH3 is 2. The van der Waals surface area contributed by atoms with Gasteiger partial charge >= 0.3 is 0 Å². The van der Waals surface area contributed by atoms with Gasteiger partial charge in [0.15, 0.2) is 17.5 Å². The van der Waals surface area contributed by atoms with Gasteiger partial charge in [-0.3, -0.25) is 4.99 Å². The number of aromatic nitrogens is 2. The average molecular weight is 343 g/mol. The third kappa shape index (κ3) is 4.04. The summed E-state index contributed by atoms with van der Waals surface area (Å²) in [6, 6.07) is 5.66. The van der Waals surface area contributed by atoms with Gasteiger partial charge in [-0.15, -0.1) is 0 Å². The van der Waals surface area contributed by atoms with E-state index in [1.54, 1.807) is 21.3 Å². The Morgan fingerprint density at radius 3 is 2.80 bits per heavy atom. The van der Waals surface area contributed by atoms with Crippen molar-refractivity contribution in [1.29, 1.82) is 0 Å². The van der Waals surface area contributed by atoms with Crippen LogP contribution in [0.2, 0.25) is 0 Å². The molecule has 7 heteroatoms. The number of nitrogens with one attached hydrogen (secondary N) is 2. The van der Waals surface area contributed by atoms with Crippen molar-refractivity contribution >= 4 is 11.6 Å². The first kappa shape index (κ1) is 17.1. The predicted octanol–water partition coefficient (Wildman–Crippen LogP) is 2.42. The lowest BCUT2D eigenvalue weighted by Gasteiger charge is -2.13. The highest BCUT2D eigenvalue weighted by atomic mass is 16.5. The summed E-state index contributed by atoms with van der Waals surface area (Å²) in [7, 11) is 4.99. The Morgan fingerprint density at radius 1 is 1.24 bits per heavy atom. The van der Waals surface area contributed by atoms with Crippen molar-refractivity contribution in [1.82, 2.24) is 14.9 Å². The molecule has 1 aromatic heterocycles. The van der Waals surface area contributed by atoms with Crippen LogP contribution in [0.4, 0.5) is 5.69 Å². The molecule has 7 nitrogen and oxygen atoms in total. The highest BCUT2D eigenvalue weighted by Crippen LogP contribution is 2.29. The molecule has 1 aliphatic heterocycles. The lowest BCUT2D eigenvalue weighted by molar-refractivity contribution is 0.355. The first-order chi connectivity index (χ1) is 12.2. The van der Waals surface area contributed by atoms with E-state index in [-0.39, 0.29) is 0 Å². The maximum absolute atomic E-state index is 5.33. The SMILES string of the molecule is CN=C(NCc1cn2c(n1)CCCC2)Nc1ccc(OC)c(OC)c1. The number of aryl methyl sites for hydroxylation is 2. The predicted molar refractivity (Wildman–Crippen MR) is 98.5 cm³/mol. The zero-order valence-corrected chi connectivity index (χ0v) is 15.0. The molecule has 2 N–H and O–H groups in total. The van der Waals surface area contributed by atoms with Crippen molar-refractivity contribution in [3.63, 3.8) is 0 Å². The Hall–Kier alpha value is -2.70. The van der Waals surface area contributed by atoms with Crippen LogP contribution in [0.25, 0.3) is 0 Å². The van der Waals surface area contributed by atoms with Gasteiger partial charge in [0.2, 0.25) is 0 Å². The lowest BCUT2D eigenvalue weighted by Crippen LogP contribution is -2.30. The normalized spacial score (nSPS) is 14.0. The van der Waals surface area contributed by atoms with Crippen LogP contribution in [0.5, 0.6) is 11.5 Å². The number of aliphatic imine (C=N–C) groups is 1. The second-order valence-corrected chi connectivity index (χ2v) is 5.92. The fourth-order valence-electron chi connectivity index (χ4n) is 2.96. The summed E-state index contributed by atoms with van der Waals surface area (Å²) in [4.78, 5) is 8.96. The average Bonchev–Trinajstić information content (AvgIpc) is 3.07. The lowest BCUT2D eigenvalue weighted by atomic mass is 10.2. The van der Waals surface area contributed by atoms with E-state index >= 15 is 0 Å². The van der Waals surface area contributed by atoms with E-state index in [1.165, 1.54) is 18.7 Å². The van der Waals surface area contributed by atoms with E-state index in [1.807, 2.05) is 18.2 Å². The van der Waals surface area contributed by atoms with Crippen LogP contribution in [0.15, 0.2) is 29.4 Å². The van der Waals surface area contributed by atoms with Gasteiger partial charge in [-0.25, -0.2) is 4.98 Å². The van der Waals surface area contributed by atoms with Crippen molar-refractivity contribution in [2.75, 3.05) is 26.6 Å². The minimum absolute atomic E-state index is 0.632. The van der Waals surface area contributed by atoms with Crippen LogP contribution < -0.4 is 20.1 Å². The molecule has 3 rings (SSSR count). The maximum Gasteiger partial charge on any atom is 0.195 e. The molecule has 0 unspecified atom stereocenters. The highest BCUT2D eigenvalue weighted by Gasteiger charge is 2.12. The van der Waals surface area contributed by atoms with Crippen LogP contribution in [0.1, 0.15) is 24.4 Å². The molecule has 0 saturated carbocycles. The summed E-state index contributed by atoms with van der Waals surface area (Å²) < 4.78 is 12.8. The van der Waals surface area contributed by atoms with Crippen molar-refractivity contribution in [2.24, 2.45) is 4.99 Å². The molecule has 0 fully saturated rings. The zero-order valence-electron chi connectivity index (χ0n) is 15.0. The first-order valence-electron chi connectivity index (χ1n) is 8.48. The van der Waals surface area contributed by atoms with Gasteiger partial charge in [0.25, 0.3) is 0 Å². The fraction of sp³-hybridized carbons (Fsp3) is 0.444. The van der Waals surface area contributed by atoms with E-state index in [0.717, 1.165) is 24.3 Å². The second-order valence-electron chi connectivity index (χ2n) is 5.92. The number of benzene rings is 1. The number of anilines is 1. The summed E-state index contributed by atoms with van der Waals surface area (Å²) in [5.74, 6) is 3.23. The second kappa shape index (κ2) is 7.92. The Kier molecular flexibility index (Phi) is 5.42. The van der Waals surface area contributed by atoms with Crippen molar-refractivity contribution in [2.45, 2.75) is 32.4 Å². The van der Waals surface area contributed by atoms with Crippen molar-refractivity contribution in [3.05, 3.63) is 35.9 Å². The highest BCUT2D eigenvalue weighted by molar-refractivity contribution is 5.93. The summed E-state index contributed by atoms with van der Waals surface area (Å²) in [6.07, 6.45) is 5.66. The van der Waals surface area contributed by atoms with E-state index in [9.17, 15) is 0 Å². The number of imidazole rings is 1. The molecular weight excluding hydrogens is 318 g/mol. The molecule has 0 aliphatic carbocycles. The quantitative estimate of drug-likeness (QED) is 0.644. The number of rotatable bonds is 5. The molecule has 25 heavy (non-hydrogen) atoms. The van der Waals surface area contributed by atoms with E-state index < -0.39 is 0 Å². The molecule has 2 aromatic rings. The molecule has 1 aromatic carbocycles. The number of guanidine groups is 1. The molecular formula is C18H25N5O2. The molecule has 1 aliphatic rings. The largest absolute Gasteiger partial charge is 0.493 e. The summed E-state index contributed by atoms with van der Waals surface area (Å²) in [5.41, 5.74) is 1.90. The zero-order chi connectivity index (χ0) is 17.6. The van der Waals surface area contributed by atoms with Crippen LogP contribution in [0, 0.1) is 0 Å². The van der Waals surface area contributed by atoms with Gasteiger partial charge in [0, 0.05) is 38.0 Å². The molecule has 134 valence electrons. The van der Waals surface area contributed by atoms with Gasteiger partial charge in [-0.05, 0) is 25.0 Å². The van der Waals surface area contributed by atoms with Crippen molar-refractivity contribution in [3.8, 4) is 11.5 Å². The number of ether oxygens (including phenoxy) is 2. The third-order valence-electron chi connectivity index (χ3n) is 4.27. The van der Waals surface area contributed by atoms with Gasteiger partial charge < -0.3 is 24.7 Å². The minimum Gasteiger partial charge on any atom is -0.493 e. The summed E-state index contributed by atoms with van der Waals surface area (Å²) in [5, 5.41) is 6.56. The van der Waals surface area contributed by atoms with Gasteiger partial charge in [-0.2, -0.15) is 0 Å². The molecule has 0 atom stereocenters. The Labute approximate surface area is 148 Å². The van der Waals surface area contributed by atoms with Gasteiger partial charge in [0.1, 0.15) is 5.82 Å². The number of hydrogen-bond acceptors (Lipinski definition) is 4. The third-order valence-corrected chi connectivity index (χ3v) is 4.27. The standard InChI is InChI=1S/C18H25N5O2/c1-19-18(22-13-7-8-15(24-2)16(10-13)25-3)20-11-14-12-23-9-5-4-6-17(23)21-14/h7-8,10,12H,4-6,9,11H2,1-3H3,(H2,19,20,22). The minimum atomic E-state index is 0.632. The Balaban J connectivity index is 1.62. The van der Waals surface area contributed by atoms with E-state index in [2.05, 4.69) is 26.4 Å². The van der Waals surface area contributed by atoms with Gasteiger partial charge in [0.05, 0.1) is 26.5 Å². The van der Waals surface area contributed by atoms with E-state index in [4.69, 9.17) is 14.5 Å². The van der Waals surface area contributed by atoms with Crippen LogP contribution >= 0.6 is 0 Å². The van der Waals surface area contributed by atoms with Crippen molar-refractivity contribution < 1.29 is 9.47 Å². The van der Waals surface area contributed by atoms with Crippen LogP contribution in [-0.2, 0) is 19.5 Å². The number of fused-ring (bicyclic) bond motifs is 1. The van der Waals surface area contributed by atoms with E-state index in [0.29, 0.717) is 24.0 Å². The fourth-order valence-corrected chi connectivity index (χ4v) is 2.96. The summed E-state index contributed by atoms with van der Waals surface area (Å²) >= 11 is 0. The summed E-state index contributed by atoms with van der Waals surface area (Å²) in [6.45, 7) is 1.70. The molecule has 2 heterocycles. The Bertz CT molecular complexity index is 730. The van der Waals surface area contributed by atoms with Crippen LogP contribution in [-0.4, -0.2) is 36.8 Å². The molecule has 0 bridgehead atoms. The molecule has 0 spiro atoms. The number of nitrogens with zero attached hydrogens (tertiary/aromatic N) is 3. The van der Waals surface area contributed by atoms with Crippen LogP contribution in [0.3, 0.4) is 0 Å². The first-order valence-corrected chi connectivity index (χ1v) is 8.48. The maximum atomic E-state index is 5.33. The number of hydrogen-bond donors (Lipinski definition) is 2. The topological polar surface area (TPSA) is 72.7 Å².